The number of benzene rings is 2. The van der Waals surface area contributed by atoms with Crippen molar-refractivity contribution >= 4 is 22.1 Å². The molecule has 236 valence electrons. The summed E-state index contributed by atoms with van der Waals surface area (Å²) in [5, 5.41) is 5.83. The zero-order chi connectivity index (χ0) is 31.9. The normalized spacial score (nSPS) is 17.0. The zero-order valence-corrected chi connectivity index (χ0v) is 26.1. The van der Waals surface area contributed by atoms with Crippen LogP contribution in [0.2, 0.25) is 0 Å². The number of nitrogens with one attached hydrogen (secondary N) is 2. The molecule has 0 bridgehead atoms. The minimum Gasteiger partial charge on any atom is -0.444 e. The molecule has 0 spiro atoms. The molecule has 2 aromatic carbocycles. The molecule has 2 N–H and O–H groups in total. The monoisotopic (exact) mass is 627 g/mol. The Hall–Kier alpha value is -4.03. The third-order valence-electron chi connectivity index (χ3n) is 6.87. The van der Waals surface area contributed by atoms with E-state index in [0.717, 1.165) is 35.2 Å². The number of hydrogen-bond acceptors (Lipinski definition) is 8. The molecule has 4 rings (SSSR count). The van der Waals surface area contributed by atoms with Gasteiger partial charge in [0.15, 0.2) is 0 Å². The quantitative estimate of drug-likeness (QED) is 0.271. The highest BCUT2D eigenvalue weighted by molar-refractivity contribution is 7.85. The number of carbonyl (C=O) groups is 2. The Labute approximate surface area is 257 Å². The minimum atomic E-state index is -3.49. The van der Waals surface area contributed by atoms with Crippen molar-refractivity contribution in [3.8, 4) is 22.8 Å². The first kappa shape index (κ1) is 32.9. The molecule has 1 heterocycles. The fourth-order valence-corrected chi connectivity index (χ4v) is 5.20. The number of halogens is 1. The summed E-state index contributed by atoms with van der Waals surface area (Å²) in [6.07, 6.45) is 4.60. The van der Waals surface area contributed by atoms with Crippen LogP contribution in [0.4, 0.5) is 9.18 Å². The van der Waals surface area contributed by atoms with Crippen LogP contribution in [0.3, 0.4) is 0 Å². The molecule has 44 heavy (non-hydrogen) atoms. The fourth-order valence-electron chi connectivity index (χ4n) is 4.82. The Balaban J connectivity index is 1.37. The van der Waals surface area contributed by atoms with E-state index in [4.69, 9.17) is 13.7 Å². The summed E-state index contributed by atoms with van der Waals surface area (Å²) in [6, 6.07) is 15.7. The highest BCUT2D eigenvalue weighted by Gasteiger charge is 2.27. The summed E-state index contributed by atoms with van der Waals surface area (Å²) >= 11 is 0. The Bertz CT molecular complexity index is 1570. The van der Waals surface area contributed by atoms with Crippen molar-refractivity contribution in [1.29, 1.82) is 0 Å². The van der Waals surface area contributed by atoms with E-state index < -0.39 is 33.5 Å². The van der Waals surface area contributed by atoms with Crippen LogP contribution in [0, 0.1) is 5.82 Å². The van der Waals surface area contributed by atoms with Gasteiger partial charge in [-0.3, -0.25) is 8.98 Å². The summed E-state index contributed by atoms with van der Waals surface area (Å²) in [5.74, 6) is -0.775. The maximum absolute atomic E-state index is 14.2. The van der Waals surface area contributed by atoms with Crippen molar-refractivity contribution in [1.82, 2.24) is 15.6 Å². The van der Waals surface area contributed by atoms with Gasteiger partial charge in [-0.15, -0.1) is 0 Å². The van der Waals surface area contributed by atoms with Gasteiger partial charge >= 0.3 is 6.09 Å². The highest BCUT2D eigenvalue weighted by Crippen LogP contribution is 2.29. The molecule has 0 atom stereocenters. The number of ether oxygens (including phenoxy) is 2. The van der Waals surface area contributed by atoms with Crippen LogP contribution in [-0.4, -0.2) is 55.9 Å². The van der Waals surface area contributed by atoms with E-state index >= 15 is 0 Å². The standard InChI is InChI=1S/C32H38FN3O7S/c1-32(2,3)43-31(38)36-26-14-12-25(13-15-26)35-29(37)28-19-24(33)20-34-30(28)42-27-7-5-6-23(18-27)22-10-8-21(9-11-22)16-17-41-44(4,39)40/h5-11,18-20,25-26H,12-17H2,1-4H3,(H,35,37)(H,36,38)/t25-,26-. The number of pyridine rings is 1. The van der Waals surface area contributed by atoms with Gasteiger partial charge in [0, 0.05) is 12.1 Å². The van der Waals surface area contributed by atoms with Crippen LogP contribution in [-0.2, 0) is 25.5 Å². The molecule has 2 amide bonds. The van der Waals surface area contributed by atoms with E-state index in [2.05, 4.69) is 15.6 Å². The molecule has 1 aromatic heterocycles. The van der Waals surface area contributed by atoms with Crippen LogP contribution in [0.5, 0.6) is 11.6 Å². The fraction of sp³-hybridized carbons (Fsp3) is 0.406. The van der Waals surface area contributed by atoms with Crippen LogP contribution in [0.1, 0.15) is 62.4 Å². The number of hydrogen-bond donors (Lipinski definition) is 2. The average Bonchev–Trinajstić information content (AvgIpc) is 2.94. The molecule has 3 aromatic rings. The Morgan fingerprint density at radius 1 is 0.955 bits per heavy atom. The SMILES string of the molecule is CC(C)(C)OC(=O)N[C@H]1CC[C@H](NC(=O)c2cc(F)cnc2Oc2cccc(-c3ccc(CCOS(C)(=O)=O)cc3)c2)CC1. The van der Waals surface area contributed by atoms with Crippen LogP contribution in [0.25, 0.3) is 11.1 Å². The first-order chi connectivity index (χ1) is 20.7. The lowest BCUT2D eigenvalue weighted by molar-refractivity contribution is 0.0487. The van der Waals surface area contributed by atoms with Crippen LogP contribution >= 0.6 is 0 Å². The molecule has 1 fully saturated rings. The average molecular weight is 628 g/mol. The van der Waals surface area contributed by atoms with E-state index in [9.17, 15) is 22.4 Å². The molecule has 0 aliphatic heterocycles. The van der Waals surface area contributed by atoms with E-state index in [-0.39, 0.29) is 30.1 Å². The molecule has 0 radical (unpaired) electrons. The van der Waals surface area contributed by atoms with Gasteiger partial charge < -0.3 is 20.1 Å². The molecule has 0 unspecified atom stereocenters. The second-order valence-electron chi connectivity index (χ2n) is 11.8. The summed E-state index contributed by atoms with van der Waals surface area (Å²) in [6.45, 7) is 5.48. The Morgan fingerprint density at radius 3 is 2.25 bits per heavy atom. The molecular formula is C32H38FN3O7S. The number of amides is 2. The molecule has 1 aliphatic rings. The van der Waals surface area contributed by atoms with Gasteiger partial charge in [-0.25, -0.2) is 14.2 Å². The van der Waals surface area contributed by atoms with Gasteiger partial charge in [-0.05, 0) is 87.8 Å². The van der Waals surface area contributed by atoms with Crippen molar-refractivity contribution in [2.24, 2.45) is 0 Å². The first-order valence-corrected chi connectivity index (χ1v) is 16.2. The Kier molecular flexibility index (Phi) is 10.6. The van der Waals surface area contributed by atoms with Crippen molar-refractivity contribution in [3.05, 3.63) is 77.7 Å². The topological polar surface area (TPSA) is 133 Å². The molecule has 10 nitrogen and oxygen atoms in total. The second-order valence-corrected chi connectivity index (χ2v) is 13.4. The van der Waals surface area contributed by atoms with Crippen LogP contribution in [0.15, 0.2) is 60.8 Å². The number of alkyl carbamates (subject to hydrolysis) is 1. The van der Waals surface area contributed by atoms with Crippen molar-refractivity contribution < 1.29 is 36.1 Å². The number of aromatic nitrogens is 1. The second kappa shape index (κ2) is 14.2. The van der Waals surface area contributed by atoms with Gasteiger partial charge in [0.05, 0.1) is 19.1 Å². The third-order valence-corrected chi connectivity index (χ3v) is 7.46. The summed E-state index contributed by atoms with van der Waals surface area (Å²) in [7, 11) is -3.49. The third kappa shape index (κ3) is 10.3. The van der Waals surface area contributed by atoms with Crippen molar-refractivity contribution in [2.45, 2.75) is 70.6 Å². The van der Waals surface area contributed by atoms with Crippen LogP contribution < -0.4 is 15.4 Å². The minimum absolute atomic E-state index is 0.0231. The van der Waals surface area contributed by atoms with E-state index in [1.807, 2.05) is 30.3 Å². The lowest BCUT2D eigenvalue weighted by Gasteiger charge is -2.30. The van der Waals surface area contributed by atoms with Gasteiger partial charge in [-0.2, -0.15) is 8.42 Å². The largest absolute Gasteiger partial charge is 0.444 e. The van der Waals surface area contributed by atoms with Gasteiger partial charge in [-0.1, -0.05) is 36.4 Å². The lowest BCUT2D eigenvalue weighted by Crippen LogP contribution is -2.45. The number of nitrogens with zero attached hydrogens (tertiary/aromatic N) is 1. The summed E-state index contributed by atoms with van der Waals surface area (Å²) in [4.78, 5) is 29.3. The number of carbonyl (C=O) groups excluding carboxylic acids is 2. The number of rotatable bonds is 10. The zero-order valence-electron chi connectivity index (χ0n) is 25.3. The smallest absolute Gasteiger partial charge is 0.407 e. The first-order valence-electron chi connectivity index (χ1n) is 14.4. The van der Waals surface area contributed by atoms with Gasteiger partial charge in [0.25, 0.3) is 16.0 Å². The summed E-state index contributed by atoms with van der Waals surface area (Å²) < 4.78 is 52.6. The van der Waals surface area contributed by atoms with Crippen molar-refractivity contribution in [2.75, 3.05) is 12.9 Å². The molecular weight excluding hydrogens is 589 g/mol. The molecule has 0 saturated heterocycles. The van der Waals surface area contributed by atoms with E-state index in [1.165, 1.54) is 0 Å². The Morgan fingerprint density at radius 2 is 1.61 bits per heavy atom. The molecule has 12 heteroatoms. The maximum atomic E-state index is 14.2. The van der Waals surface area contributed by atoms with E-state index in [0.29, 0.717) is 37.9 Å². The maximum Gasteiger partial charge on any atom is 0.407 e. The molecule has 1 saturated carbocycles. The summed E-state index contributed by atoms with van der Waals surface area (Å²) in [5.41, 5.74) is 2.05. The van der Waals surface area contributed by atoms with E-state index in [1.54, 1.807) is 39.0 Å². The lowest BCUT2D eigenvalue weighted by atomic mass is 9.91. The predicted octanol–water partition coefficient (Wildman–Crippen LogP) is 5.76. The predicted molar refractivity (Wildman–Crippen MR) is 164 cm³/mol. The highest BCUT2D eigenvalue weighted by atomic mass is 32.2. The van der Waals surface area contributed by atoms with Gasteiger partial charge in [0.1, 0.15) is 22.7 Å². The molecule has 1 aliphatic carbocycles. The van der Waals surface area contributed by atoms with Crippen molar-refractivity contribution in [3.63, 3.8) is 0 Å². The van der Waals surface area contributed by atoms with Gasteiger partial charge in [0.2, 0.25) is 5.88 Å².